The van der Waals surface area contributed by atoms with Crippen molar-refractivity contribution in [2.24, 2.45) is 5.18 Å². The van der Waals surface area contributed by atoms with Crippen molar-refractivity contribution in [1.82, 2.24) is 4.98 Å². The topological polar surface area (TPSA) is 65.5 Å². The number of aliphatic hydroxyl groups excluding tert-OH is 1. The number of nitrogens with one attached hydrogen (secondary N) is 1. The first-order chi connectivity index (χ1) is 7.79. The van der Waals surface area contributed by atoms with Gasteiger partial charge in [-0.05, 0) is 17.3 Å². The fraction of sp³-hybridized carbons (Fsp3) is 0.167. The first-order valence-electron chi connectivity index (χ1n) is 5.12. The molecule has 0 aliphatic heterocycles. The van der Waals surface area contributed by atoms with Gasteiger partial charge in [0, 0.05) is 22.9 Å². The van der Waals surface area contributed by atoms with Gasteiger partial charge in [-0.3, -0.25) is 0 Å². The molecule has 2 N–H and O–H groups in total. The van der Waals surface area contributed by atoms with Crippen LogP contribution in [-0.4, -0.2) is 10.1 Å². The molecule has 1 aliphatic carbocycles. The maximum atomic E-state index is 10.5. The molecule has 4 heteroatoms. The molecule has 16 heavy (non-hydrogen) atoms. The van der Waals surface area contributed by atoms with E-state index in [2.05, 4.69) is 10.2 Å². The summed E-state index contributed by atoms with van der Waals surface area (Å²) in [7, 11) is 0. The van der Waals surface area contributed by atoms with Gasteiger partial charge in [-0.2, -0.15) is 0 Å². The lowest BCUT2D eigenvalue weighted by atomic mass is 9.98. The highest BCUT2D eigenvalue weighted by Gasteiger charge is 2.23. The van der Waals surface area contributed by atoms with Gasteiger partial charge in [0.25, 0.3) is 0 Å². The molecule has 1 unspecified atom stereocenters. The third-order valence-electron chi connectivity index (χ3n) is 2.94. The molecule has 2 aromatic rings. The molecule has 0 saturated heterocycles. The summed E-state index contributed by atoms with van der Waals surface area (Å²) in [5.74, 6) is 0. The van der Waals surface area contributed by atoms with E-state index in [-0.39, 0.29) is 6.42 Å². The van der Waals surface area contributed by atoms with Crippen molar-refractivity contribution in [2.75, 3.05) is 0 Å². The van der Waals surface area contributed by atoms with Gasteiger partial charge in [0.2, 0.25) is 0 Å². The quantitative estimate of drug-likeness (QED) is 0.717. The fourth-order valence-corrected chi connectivity index (χ4v) is 2.19. The summed E-state index contributed by atoms with van der Waals surface area (Å²) in [4.78, 5) is 13.7. The second-order valence-corrected chi connectivity index (χ2v) is 3.94. The lowest BCUT2D eigenvalue weighted by molar-refractivity contribution is 0.172. The zero-order valence-electron chi connectivity index (χ0n) is 8.47. The number of para-hydroxylation sites is 1. The van der Waals surface area contributed by atoms with Gasteiger partial charge in [-0.25, -0.2) is 0 Å². The molecule has 0 fully saturated rings. The maximum absolute atomic E-state index is 10.5. The third kappa shape index (κ3) is 1.20. The van der Waals surface area contributed by atoms with Gasteiger partial charge in [0.15, 0.2) is 0 Å². The number of hydrogen-bond acceptors (Lipinski definition) is 3. The van der Waals surface area contributed by atoms with E-state index in [0.29, 0.717) is 5.70 Å². The Morgan fingerprint density at radius 2 is 2.19 bits per heavy atom. The zero-order valence-corrected chi connectivity index (χ0v) is 8.47. The lowest BCUT2D eigenvalue weighted by Gasteiger charge is -2.14. The third-order valence-corrected chi connectivity index (χ3v) is 2.94. The standard InChI is InChI=1S/C12H10N2O2/c15-11-6-7(14-16)5-9-8-3-1-2-4-10(8)13-12(9)11/h1-5,11,13,15H,6H2. The van der Waals surface area contributed by atoms with Crippen LogP contribution in [0.3, 0.4) is 0 Å². The molecule has 3 rings (SSSR count). The van der Waals surface area contributed by atoms with Crippen molar-refractivity contribution in [3.63, 3.8) is 0 Å². The van der Waals surface area contributed by atoms with Crippen molar-refractivity contribution >= 4 is 17.0 Å². The van der Waals surface area contributed by atoms with Gasteiger partial charge in [0.05, 0.1) is 11.4 Å². The zero-order chi connectivity index (χ0) is 11.1. The van der Waals surface area contributed by atoms with Gasteiger partial charge < -0.3 is 10.1 Å². The van der Waals surface area contributed by atoms with E-state index in [1.165, 1.54) is 0 Å². The molecular weight excluding hydrogens is 204 g/mol. The average Bonchev–Trinajstić information content (AvgIpc) is 2.68. The number of aromatic amines is 1. The Hall–Kier alpha value is -1.94. The van der Waals surface area contributed by atoms with E-state index < -0.39 is 6.10 Å². The molecular formula is C12H10N2O2. The lowest BCUT2D eigenvalue weighted by Crippen LogP contribution is -2.04. The number of rotatable bonds is 1. The highest BCUT2D eigenvalue weighted by atomic mass is 16.3. The van der Waals surface area contributed by atoms with E-state index in [1.807, 2.05) is 24.3 Å². The summed E-state index contributed by atoms with van der Waals surface area (Å²) < 4.78 is 0. The van der Waals surface area contributed by atoms with Crippen LogP contribution in [0.4, 0.5) is 0 Å². The molecule has 1 heterocycles. The average molecular weight is 214 g/mol. The summed E-state index contributed by atoms with van der Waals surface area (Å²) in [6, 6.07) is 7.77. The molecule has 1 atom stereocenters. The maximum Gasteiger partial charge on any atom is 0.100 e. The Morgan fingerprint density at radius 1 is 1.38 bits per heavy atom. The molecule has 80 valence electrons. The number of benzene rings is 1. The SMILES string of the molecule is O=NC1=Cc2c([nH]c3ccccc23)C(O)C1. The number of fused-ring (bicyclic) bond motifs is 3. The minimum atomic E-state index is -0.667. The van der Waals surface area contributed by atoms with Crippen LogP contribution >= 0.6 is 0 Å². The summed E-state index contributed by atoms with van der Waals surface area (Å²) >= 11 is 0. The molecule has 0 saturated carbocycles. The number of nitrogens with zero attached hydrogens (tertiary/aromatic N) is 1. The molecule has 1 aliphatic rings. The van der Waals surface area contributed by atoms with Crippen molar-refractivity contribution in [1.29, 1.82) is 0 Å². The smallest absolute Gasteiger partial charge is 0.100 e. The van der Waals surface area contributed by atoms with Crippen molar-refractivity contribution in [2.45, 2.75) is 12.5 Å². The van der Waals surface area contributed by atoms with E-state index >= 15 is 0 Å². The monoisotopic (exact) mass is 214 g/mol. The summed E-state index contributed by atoms with van der Waals surface area (Å²) in [6.07, 6.45) is 1.36. The number of H-pyrrole nitrogens is 1. The van der Waals surface area contributed by atoms with E-state index in [1.54, 1.807) is 6.08 Å². The molecule has 0 bridgehead atoms. The fourth-order valence-electron chi connectivity index (χ4n) is 2.19. The van der Waals surface area contributed by atoms with Crippen LogP contribution in [0, 0.1) is 4.91 Å². The minimum absolute atomic E-state index is 0.281. The molecule has 0 amide bonds. The van der Waals surface area contributed by atoms with E-state index in [0.717, 1.165) is 22.2 Å². The van der Waals surface area contributed by atoms with Crippen LogP contribution in [0.5, 0.6) is 0 Å². The van der Waals surface area contributed by atoms with Gasteiger partial charge in [-0.1, -0.05) is 18.2 Å². The van der Waals surface area contributed by atoms with Gasteiger partial charge in [-0.15, -0.1) is 4.91 Å². The van der Waals surface area contributed by atoms with Crippen LogP contribution in [0.25, 0.3) is 17.0 Å². The van der Waals surface area contributed by atoms with E-state index in [4.69, 9.17) is 0 Å². The largest absolute Gasteiger partial charge is 0.386 e. The first kappa shape index (κ1) is 9.30. The normalized spacial score (nSPS) is 19.3. The van der Waals surface area contributed by atoms with Crippen LogP contribution in [0.1, 0.15) is 23.8 Å². The molecule has 0 radical (unpaired) electrons. The molecule has 4 nitrogen and oxygen atoms in total. The van der Waals surface area contributed by atoms with Crippen LogP contribution in [0.2, 0.25) is 0 Å². The number of aliphatic hydroxyl groups is 1. The van der Waals surface area contributed by atoms with E-state index in [9.17, 15) is 10.0 Å². The molecule has 1 aromatic heterocycles. The highest BCUT2D eigenvalue weighted by Crippen LogP contribution is 2.36. The summed E-state index contributed by atoms with van der Waals surface area (Å²) in [6.45, 7) is 0. The Morgan fingerprint density at radius 3 is 3.00 bits per heavy atom. The molecule has 0 spiro atoms. The second-order valence-electron chi connectivity index (χ2n) is 3.94. The Kier molecular flexibility index (Phi) is 1.91. The Bertz CT molecular complexity index is 598. The summed E-state index contributed by atoms with van der Waals surface area (Å²) in [5.41, 5.74) is 3.01. The van der Waals surface area contributed by atoms with Crippen molar-refractivity contribution in [3.8, 4) is 0 Å². The van der Waals surface area contributed by atoms with Crippen LogP contribution in [-0.2, 0) is 0 Å². The van der Waals surface area contributed by atoms with Crippen LogP contribution in [0.15, 0.2) is 35.1 Å². The Balaban J connectivity index is 2.33. The number of nitroso groups, excluding NO2 is 1. The Labute approximate surface area is 91.6 Å². The highest BCUT2D eigenvalue weighted by molar-refractivity contribution is 5.91. The van der Waals surface area contributed by atoms with Crippen LogP contribution < -0.4 is 0 Å². The predicted molar refractivity (Wildman–Crippen MR) is 61.6 cm³/mol. The first-order valence-corrected chi connectivity index (χ1v) is 5.12. The molecule has 1 aromatic carbocycles. The van der Waals surface area contributed by atoms with Crippen molar-refractivity contribution < 1.29 is 5.11 Å². The van der Waals surface area contributed by atoms with Gasteiger partial charge >= 0.3 is 0 Å². The summed E-state index contributed by atoms with van der Waals surface area (Å²) in [5, 5.41) is 13.8. The predicted octanol–water partition coefficient (Wildman–Crippen LogP) is 2.71. The second kappa shape index (κ2) is 3.28. The van der Waals surface area contributed by atoms with Gasteiger partial charge in [0.1, 0.15) is 6.10 Å². The number of aromatic nitrogens is 1. The van der Waals surface area contributed by atoms with Crippen molar-refractivity contribution in [3.05, 3.63) is 46.1 Å². The number of hydrogen-bond donors (Lipinski definition) is 2. The minimum Gasteiger partial charge on any atom is -0.386 e.